The van der Waals surface area contributed by atoms with Gasteiger partial charge in [0.2, 0.25) is 5.88 Å². The second-order valence-electron chi connectivity index (χ2n) is 10.4. The molecule has 3 atom stereocenters. The Morgan fingerprint density at radius 2 is 2.03 bits per heavy atom. The second kappa shape index (κ2) is 11.9. The Labute approximate surface area is 218 Å². The van der Waals surface area contributed by atoms with Crippen LogP contribution < -0.4 is 4.74 Å². The number of hydrogen-bond acceptors (Lipinski definition) is 6. The number of amides is 1. The van der Waals surface area contributed by atoms with E-state index in [0.717, 1.165) is 30.4 Å². The standard InChI is InChI=1S/C29H37N3O5/c1-19-15-32(20(2)18-33)28(34)25-13-24(22-7-5-4-6-8-22)14-30-27(25)37-26(19)17-31(3)16-21-9-11-23(12-10-21)29(35)36/h7,9-14,19-20,26,33H,4-6,8,15-18H2,1-3H3,(H,35,36)/t19-,20+,26+/m1/s1. The molecule has 0 radical (unpaired) electrons. The lowest BCUT2D eigenvalue weighted by molar-refractivity contribution is 0.0325. The molecule has 8 nitrogen and oxygen atoms in total. The van der Waals surface area contributed by atoms with Crippen molar-refractivity contribution < 1.29 is 24.5 Å². The number of benzene rings is 1. The lowest BCUT2D eigenvalue weighted by Crippen LogP contribution is -2.49. The van der Waals surface area contributed by atoms with Crippen molar-refractivity contribution in [3.05, 3.63) is 64.9 Å². The molecule has 1 aromatic heterocycles. The number of ether oxygens (including phenoxy) is 1. The van der Waals surface area contributed by atoms with E-state index in [0.29, 0.717) is 31.1 Å². The topological polar surface area (TPSA) is 103 Å². The first kappa shape index (κ1) is 26.8. The van der Waals surface area contributed by atoms with Crippen LogP contribution in [0.2, 0.25) is 0 Å². The summed E-state index contributed by atoms with van der Waals surface area (Å²) < 4.78 is 6.42. The highest BCUT2D eigenvalue weighted by Gasteiger charge is 2.34. The molecule has 1 aliphatic carbocycles. The van der Waals surface area contributed by atoms with Crippen LogP contribution in [0.3, 0.4) is 0 Å². The maximum atomic E-state index is 13.6. The molecule has 4 rings (SSSR count). The molecule has 1 amide bonds. The maximum Gasteiger partial charge on any atom is 0.335 e. The predicted molar refractivity (Wildman–Crippen MR) is 142 cm³/mol. The van der Waals surface area contributed by atoms with E-state index in [1.165, 1.54) is 12.0 Å². The number of hydrogen-bond donors (Lipinski definition) is 2. The average molecular weight is 508 g/mol. The zero-order chi connectivity index (χ0) is 26.5. The van der Waals surface area contributed by atoms with Crippen LogP contribution in [-0.4, -0.2) is 75.8 Å². The molecule has 0 spiro atoms. The average Bonchev–Trinajstić information content (AvgIpc) is 2.90. The number of aromatic carboxylic acids is 1. The first-order valence-electron chi connectivity index (χ1n) is 13.1. The number of carboxylic acid groups (broad SMARTS) is 1. The van der Waals surface area contributed by atoms with Gasteiger partial charge in [0.1, 0.15) is 11.7 Å². The Kier molecular flexibility index (Phi) is 8.61. The van der Waals surface area contributed by atoms with Gasteiger partial charge in [-0.05, 0) is 74.6 Å². The van der Waals surface area contributed by atoms with Crippen LogP contribution in [0.15, 0.2) is 42.6 Å². The minimum Gasteiger partial charge on any atom is -0.478 e. The normalized spacial score (nSPS) is 20.9. The van der Waals surface area contributed by atoms with Crippen LogP contribution in [0.4, 0.5) is 0 Å². The summed E-state index contributed by atoms with van der Waals surface area (Å²) in [5.41, 5.74) is 3.88. The molecule has 1 aliphatic heterocycles. The largest absolute Gasteiger partial charge is 0.478 e. The minimum absolute atomic E-state index is 0.00883. The first-order chi connectivity index (χ1) is 17.8. The van der Waals surface area contributed by atoms with Gasteiger partial charge in [-0.2, -0.15) is 0 Å². The summed E-state index contributed by atoms with van der Waals surface area (Å²) in [6.07, 6.45) is 8.13. The maximum absolute atomic E-state index is 13.6. The van der Waals surface area contributed by atoms with Crippen molar-refractivity contribution in [2.75, 3.05) is 26.7 Å². The van der Waals surface area contributed by atoms with Gasteiger partial charge in [0.15, 0.2) is 0 Å². The number of carbonyl (C=O) groups excluding carboxylic acids is 1. The number of nitrogens with zero attached hydrogens (tertiary/aromatic N) is 3. The monoisotopic (exact) mass is 507 g/mol. The number of fused-ring (bicyclic) bond motifs is 1. The Bertz CT molecular complexity index is 1150. The van der Waals surface area contributed by atoms with E-state index < -0.39 is 5.97 Å². The van der Waals surface area contributed by atoms with Crippen LogP contribution in [-0.2, 0) is 6.54 Å². The molecule has 0 bridgehead atoms. The summed E-state index contributed by atoms with van der Waals surface area (Å²) in [6, 6.07) is 8.44. The van der Waals surface area contributed by atoms with Crippen molar-refractivity contribution in [3.8, 4) is 5.88 Å². The predicted octanol–water partition coefficient (Wildman–Crippen LogP) is 4.09. The summed E-state index contributed by atoms with van der Waals surface area (Å²) in [7, 11) is 1.99. The molecule has 1 aromatic carbocycles. The molecule has 0 saturated carbocycles. The summed E-state index contributed by atoms with van der Waals surface area (Å²) >= 11 is 0. The number of carbonyl (C=O) groups is 2. The smallest absolute Gasteiger partial charge is 0.335 e. The van der Waals surface area contributed by atoms with Gasteiger partial charge in [0.25, 0.3) is 5.91 Å². The van der Waals surface area contributed by atoms with E-state index >= 15 is 0 Å². The molecule has 0 unspecified atom stereocenters. The second-order valence-corrected chi connectivity index (χ2v) is 10.4. The first-order valence-corrected chi connectivity index (χ1v) is 13.1. The number of aliphatic hydroxyl groups excluding tert-OH is 1. The molecule has 0 fully saturated rings. The van der Waals surface area contributed by atoms with E-state index in [1.54, 1.807) is 23.2 Å². The van der Waals surface area contributed by atoms with E-state index in [-0.39, 0.29) is 36.1 Å². The van der Waals surface area contributed by atoms with Crippen LogP contribution in [0.5, 0.6) is 5.88 Å². The molecule has 2 aromatic rings. The lowest BCUT2D eigenvalue weighted by atomic mass is 9.93. The Balaban J connectivity index is 1.59. The molecular weight excluding hydrogens is 470 g/mol. The Morgan fingerprint density at radius 1 is 1.27 bits per heavy atom. The summed E-state index contributed by atoms with van der Waals surface area (Å²) in [4.78, 5) is 33.3. The van der Waals surface area contributed by atoms with Crippen LogP contribution in [0, 0.1) is 5.92 Å². The van der Waals surface area contributed by atoms with Crippen molar-refractivity contribution in [2.45, 2.75) is 58.2 Å². The fourth-order valence-electron chi connectivity index (χ4n) is 5.03. The highest BCUT2D eigenvalue weighted by Crippen LogP contribution is 2.32. The van der Waals surface area contributed by atoms with Crippen LogP contribution >= 0.6 is 0 Å². The highest BCUT2D eigenvalue weighted by atomic mass is 16.5. The molecule has 8 heteroatoms. The number of aliphatic hydroxyl groups is 1. The highest BCUT2D eigenvalue weighted by molar-refractivity contribution is 5.97. The number of likely N-dealkylation sites (N-methyl/N-ethyl adjacent to an activating group) is 1. The Hall–Kier alpha value is -3.23. The molecule has 0 saturated heterocycles. The molecule has 198 valence electrons. The lowest BCUT2D eigenvalue weighted by Gasteiger charge is -2.37. The van der Waals surface area contributed by atoms with Crippen molar-refractivity contribution in [2.24, 2.45) is 5.92 Å². The fraction of sp³-hybridized carbons (Fsp3) is 0.483. The van der Waals surface area contributed by atoms with Crippen molar-refractivity contribution >= 4 is 17.4 Å². The number of rotatable bonds is 8. The molecule has 2 aliphatic rings. The summed E-state index contributed by atoms with van der Waals surface area (Å²) in [5, 5.41) is 19.0. The van der Waals surface area contributed by atoms with Gasteiger partial charge in [0.05, 0.1) is 18.2 Å². The third-order valence-corrected chi connectivity index (χ3v) is 7.33. The van der Waals surface area contributed by atoms with Gasteiger partial charge in [-0.25, -0.2) is 9.78 Å². The van der Waals surface area contributed by atoms with E-state index in [2.05, 4.69) is 22.9 Å². The number of allylic oxidation sites excluding steroid dienone is 2. The van der Waals surface area contributed by atoms with E-state index in [1.807, 2.05) is 32.2 Å². The number of pyridine rings is 1. The summed E-state index contributed by atoms with van der Waals surface area (Å²) in [5.74, 6) is -0.789. The quantitative estimate of drug-likeness (QED) is 0.555. The third kappa shape index (κ3) is 6.37. The molecule has 2 N–H and O–H groups in total. The minimum atomic E-state index is -0.943. The van der Waals surface area contributed by atoms with Gasteiger partial charge in [-0.15, -0.1) is 0 Å². The van der Waals surface area contributed by atoms with Gasteiger partial charge < -0.3 is 19.8 Å². The zero-order valence-corrected chi connectivity index (χ0v) is 21.9. The van der Waals surface area contributed by atoms with E-state index in [9.17, 15) is 14.7 Å². The van der Waals surface area contributed by atoms with E-state index in [4.69, 9.17) is 9.84 Å². The number of carboxylic acids is 1. The fourth-order valence-corrected chi connectivity index (χ4v) is 5.03. The molecule has 2 heterocycles. The Morgan fingerprint density at radius 3 is 2.68 bits per heavy atom. The van der Waals surface area contributed by atoms with Crippen LogP contribution in [0.25, 0.3) is 5.57 Å². The summed E-state index contributed by atoms with van der Waals surface area (Å²) in [6.45, 7) is 5.45. The van der Waals surface area contributed by atoms with Crippen LogP contribution in [0.1, 0.15) is 71.4 Å². The molecular formula is C29H37N3O5. The molecule has 37 heavy (non-hydrogen) atoms. The SMILES string of the molecule is C[C@@H]1CN([C@@H](C)CO)C(=O)c2cc(C3=CCCCC3)cnc2O[C@H]1CN(C)Cc1ccc(C(=O)O)cc1. The third-order valence-electron chi connectivity index (χ3n) is 7.33. The van der Waals surface area contributed by atoms with Crippen molar-refractivity contribution in [3.63, 3.8) is 0 Å². The van der Waals surface area contributed by atoms with Gasteiger partial charge in [0, 0.05) is 31.7 Å². The van der Waals surface area contributed by atoms with Gasteiger partial charge in [-0.1, -0.05) is 25.1 Å². The zero-order valence-electron chi connectivity index (χ0n) is 21.9. The van der Waals surface area contributed by atoms with Crippen molar-refractivity contribution in [1.82, 2.24) is 14.8 Å². The van der Waals surface area contributed by atoms with Gasteiger partial charge >= 0.3 is 5.97 Å². The van der Waals surface area contributed by atoms with Gasteiger partial charge in [-0.3, -0.25) is 9.69 Å². The van der Waals surface area contributed by atoms with Crippen molar-refractivity contribution in [1.29, 1.82) is 0 Å². The number of aromatic nitrogens is 1.